The third kappa shape index (κ3) is 5.37. The van der Waals surface area contributed by atoms with Crippen molar-refractivity contribution in [3.8, 4) is 0 Å². The van der Waals surface area contributed by atoms with Crippen LogP contribution in [0, 0.1) is 0 Å². The molecule has 0 aromatic carbocycles. The Balaban J connectivity index is 2.36. The van der Waals surface area contributed by atoms with E-state index in [-0.39, 0.29) is 12.3 Å². The number of anilines is 1. The zero-order valence-corrected chi connectivity index (χ0v) is 11.2. The highest BCUT2D eigenvalue weighted by Gasteiger charge is 2.07. The van der Waals surface area contributed by atoms with E-state index >= 15 is 0 Å². The third-order valence-electron chi connectivity index (χ3n) is 2.54. The molecule has 2 N–H and O–H groups in total. The van der Waals surface area contributed by atoms with Crippen LogP contribution < -0.4 is 5.32 Å². The van der Waals surface area contributed by atoms with Crippen LogP contribution in [-0.4, -0.2) is 47.5 Å². The summed E-state index contributed by atoms with van der Waals surface area (Å²) in [7, 11) is 3.38. The molecule has 6 heteroatoms. The summed E-state index contributed by atoms with van der Waals surface area (Å²) in [6, 6.07) is 3.46. The minimum Gasteiger partial charge on any atom is -0.481 e. The van der Waals surface area contributed by atoms with Crippen LogP contribution in [0.25, 0.3) is 0 Å². The first-order valence-electron chi connectivity index (χ1n) is 6.14. The Morgan fingerprint density at radius 2 is 2.05 bits per heavy atom. The number of nitrogens with zero attached hydrogens (tertiary/aromatic N) is 2. The molecule has 1 rings (SSSR count). The van der Waals surface area contributed by atoms with E-state index in [4.69, 9.17) is 5.11 Å². The van der Waals surface area contributed by atoms with Gasteiger partial charge in [0.15, 0.2) is 0 Å². The second-order valence-electron chi connectivity index (χ2n) is 4.41. The predicted molar refractivity (Wildman–Crippen MR) is 72.2 cm³/mol. The van der Waals surface area contributed by atoms with Gasteiger partial charge in [0.1, 0.15) is 5.82 Å². The molecular weight excluding hydrogens is 246 g/mol. The molecule has 0 saturated heterocycles. The number of hydrogen-bond acceptors (Lipinski definition) is 4. The Morgan fingerprint density at radius 3 is 2.58 bits per heavy atom. The number of amides is 1. The molecule has 0 aliphatic heterocycles. The van der Waals surface area contributed by atoms with Gasteiger partial charge in [0.05, 0.1) is 5.56 Å². The van der Waals surface area contributed by atoms with Crippen molar-refractivity contribution in [2.45, 2.75) is 19.3 Å². The molecular formula is C13H19N3O3. The summed E-state index contributed by atoms with van der Waals surface area (Å²) < 4.78 is 0. The van der Waals surface area contributed by atoms with E-state index in [0.717, 1.165) is 6.42 Å². The minimum absolute atomic E-state index is 0.0829. The standard InChI is InChI=1S/C13H19N3O3/c1-16(2)13(19)10-6-7-11(15-9-10)14-8-4-3-5-12(17)18/h6-7,9H,3-5,8H2,1-2H3,(H,14,15)(H,17,18). The second-order valence-corrected chi connectivity index (χ2v) is 4.41. The van der Waals surface area contributed by atoms with E-state index in [2.05, 4.69) is 10.3 Å². The summed E-state index contributed by atoms with van der Waals surface area (Å²) in [4.78, 5) is 27.6. The van der Waals surface area contributed by atoms with Gasteiger partial charge in [0, 0.05) is 33.3 Å². The van der Waals surface area contributed by atoms with Crippen molar-refractivity contribution in [2.24, 2.45) is 0 Å². The first-order valence-corrected chi connectivity index (χ1v) is 6.14. The molecule has 1 aromatic rings. The van der Waals surface area contributed by atoms with Crippen molar-refractivity contribution >= 4 is 17.7 Å². The molecule has 1 heterocycles. The summed E-state index contributed by atoms with van der Waals surface area (Å²) in [6.07, 6.45) is 3.12. The van der Waals surface area contributed by atoms with Gasteiger partial charge in [-0.1, -0.05) is 0 Å². The Morgan fingerprint density at radius 1 is 1.32 bits per heavy atom. The van der Waals surface area contributed by atoms with Crippen LogP contribution in [0.1, 0.15) is 29.6 Å². The first kappa shape index (κ1) is 14.9. The molecule has 0 aliphatic rings. The average molecular weight is 265 g/mol. The maximum absolute atomic E-state index is 11.6. The van der Waals surface area contributed by atoms with Gasteiger partial charge in [-0.15, -0.1) is 0 Å². The van der Waals surface area contributed by atoms with Crippen LogP contribution in [0.3, 0.4) is 0 Å². The molecule has 0 bridgehead atoms. The van der Waals surface area contributed by atoms with Gasteiger partial charge in [0.2, 0.25) is 0 Å². The number of aromatic nitrogens is 1. The van der Waals surface area contributed by atoms with Crippen LogP contribution in [0.2, 0.25) is 0 Å². The number of pyridine rings is 1. The zero-order valence-electron chi connectivity index (χ0n) is 11.2. The quantitative estimate of drug-likeness (QED) is 0.729. The van der Waals surface area contributed by atoms with Crippen LogP contribution in [0.15, 0.2) is 18.3 Å². The van der Waals surface area contributed by atoms with Gasteiger partial charge < -0.3 is 15.3 Å². The van der Waals surface area contributed by atoms with Gasteiger partial charge in [-0.3, -0.25) is 9.59 Å². The van der Waals surface area contributed by atoms with Gasteiger partial charge in [-0.25, -0.2) is 4.98 Å². The van der Waals surface area contributed by atoms with E-state index in [0.29, 0.717) is 24.3 Å². The summed E-state index contributed by atoms with van der Waals surface area (Å²) in [6.45, 7) is 0.668. The van der Waals surface area contributed by atoms with E-state index in [9.17, 15) is 9.59 Å². The number of nitrogens with one attached hydrogen (secondary N) is 1. The number of hydrogen-bond donors (Lipinski definition) is 2. The third-order valence-corrected chi connectivity index (χ3v) is 2.54. The lowest BCUT2D eigenvalue weighted by Crippen LogP contribution is -2.21. The lowest BCUT2D eigenvalue weighted by molar-refractivity contribution is -0.137. The molecule has 0 saturated carbocycles. The summed E-state index contributed by atoms with van der Waals surface area (Å²) in [5, 5.41) is 11.6. The molecule has 0 unspecified atom stereocenters. The average Bonchev–Trinajstić information content (AvgIpc) is 2.37. The number of carboxylic acid groups (broad SMARTS) is 1. The van der Waals surface area contributed by atoms with Gasteiger partial charge in [-0.05, 0) is 25.0 Å². The zero-order chi connectivity index (χ0) is 14.3. The number of carbonyl (C=O) groups excluding carboxylic acids is 1. The molecule has 1 aromatic heterocycles. The van der Waals surface area contributed by atoms with Crippen molar-refractivity contribution < 1.29 is 14.7 Å². The molecule has 0 atom stereocenters. The highest BCUT2D eigenvalue weighted by Crippen LogP contribution is 2.07. The molecule has 0 aliphatic carbocycles. The number of rotatable bonds is 7. The Bertz CT molecular complexity index is 429. The predicted octanol–water partition coefficient (Wildman–Crippen LogP) is 1.45. The number of carbonyl (C=O) groups is 2. The fourth-order valence-electron chi connectivity index (χ4n) is 1.50. The van der Waals surface area contributed by atoms with Crippen LogP contribution in [0.5, 0.6) is 0 Å². The van der Waals surface area contributed by atoms with E-state index in [1.807, 2.05) is 0 Å². The van der Waals surface area contributed by atoms with Crippen molar-refractivity contribution in [3.63, 3.8) is 0 Å². The first-order chi connectivity index (χ1) is 9.00. The maximum Gasteiger partial charge on any atom is 0.303 e. The van der Waals surface area contributed by atoms with Crippen LogP contribution in [0.4, 0.5) is 5.82 Å². The molecule has 1 amide bonds. The minimum atomic E-state index is -0.773. The van der Waals surface area contributed by atoms with Crippen LogP contribution in [-0.2, 0) is 4.79 Å². The number of carboxylic acids is 1. The Hall–Kier alpha value is -2.11. The molecule has 19 heavy (non-hydrogen) atoms. The van der Waals surface area contributed by atoms with E-state index < -0.39 is 5.97 Å². The normalized spacial score (nSPS) is 10.0. The fourth-order valence-corrected chi connectivity index (χ4v) is 1.50. The summed E-state index contributed by atoms with van der Waals surface area (Å²) in [5.74, 6) is -0.171. The highest BCUT2D eigenvalue weighted by atomic mass is 16.4. The number of aliphatic carboxylic acids is 1. The SMILES string of the molecule is CN(C)C(=O)c1ccc(NCCCCC(=O)O)nc1. The molecule has 0 radical (unpaired) electrons. The van der Waals surface area contributed by atoms with Crippen LogP contribution >= 0.6 is 0 Å². The van der Waals surface area contributed by atoms with Crippen molar-refractivity contribution in [1.82, 2.24) is 9.88 Å². The molecule has 0 fully saturated rings. The molecule has 0 spiro atoms. The van der Waals surface area contributed by atoms with Crippen molar-refractivity contribution in [2.75, 3.05) is 26.0 Å². The fraction of sp³-hybridized carbons (Fsp3) is 0.462. The topological polar surface area (TPSA) is 82.5 Å². The van der Waals surface area contributed by atoms with E-state index in [1.165, 1.54) is 11.1 Å². The lowest BCUT2D eigenvalue weighted by Gasteiger charge is -2.10. The van der Waals surface area contributed by atoms with Gasteiger partial charge in [-0.2, -0.15) is 0 Å². The molecule has 104 valence electrons. The highest BCUT2D eigenvalue weighted by molar-refractivity contribution is 5.93. The lowest BCUT2D eigenvalue weighted by atomic mass is 10.2. The number of unbranched alkanes of at least 4 members (excludes halogenated alkanes) is 1. The van der Waals surface area contributed by atoms with Gasteiger partial charge in [0.25, 0.3) is 5.91 Å². The monoisotopic (exact) mass is 265 g/mol. The van der Waals surface area contributed by atoms with Crippen molar-refractivity contribution in [1.29, 1.82) is 0 Å². The smallest absolute Gasteiger partial charge is 0.303 e. The van der Waals surface area contributed by atoms with Crippen molar-refractivity contribution in [3.05, 3.63) is 23.9 Å². The Labute approximate surface area is 112 Å². The second kappa shape index (κ2) is 7.35. The van der Waals surface area contributed by atoms with E-state index in [1.54, 1.807) is 26.2 Å². The summed E-state index contributed by atoms with van der Waals surface area (Å²) >= 11 is 0. The largest absolute Gasteiger partial charge is 0.481 e. The Kier molecular flexibility index (Phi) is 5.78. The van der Waals surface area contributed by atoms with Gasteiger partial charge >= 0.3 is 5.97 Å². The molecule has 6 nitrogen and oxygen atoms in total. The summed E-state index contributed by atoms with van der Waals surface area (Å²) in [5.41, 5.74) is 0.543. The maximum atomic E-state index is 11.6.